The summed E-state index contributed by atoms with van der Waals surface area (Å²) >= 11 is 1.35. The molecule has 0 radical (unpaired) electrons. The van der Waals surface area contributed by atoms with Crippen molar-refractivity contribution in [2.24, 2.45) is 0 Å². The number of rotatable bonds is 5. The summed E-state index contributed by atoms with van der Waals surface area (Å²) in [5, 5.41) is 3.35. The summed E-state index contributed by atoms with van der Waals surface area (Å²) in [6.45, 7) is 2.84. The number of amides is 1. The molecule has 0 bridgehead atoms. The van der Waals surface area contributed by atoms with Gasteiger partial charge in [0.15, 0.2) is 0 Å². The summed E-state index contributed by atoms with van der Waals surface area (Å²) in [7, 11) is -3.46. The van der Waals surface area contributed by atoms with Crippen molar-refractivity contribution in [1.29, 1.82) is 0 Å². The Kier molecular flexibility index (Phi) is 4.52. The maximum absolute atomic E-state index is 12.1. The van der Waals surface area contributed by atoms with Crippen LogP contribution >= 0.6 is 11.3 Å². The third-order valence-corrected chi connectivity index (χ3v) is 6.16. The van der Waals surface area contributed by atoms with Crippen molar-refractivity contribution in [3.63, 3.8) is 0 Å². The summed E-state index contributed by atoms with van der Waals surface area (Å²) in [4.78, 5) is 14.0. The van der Waals surface area contributed by atoms with Gasteiger partial charge in [-0.1, -0.05) is 12.1 Å². The Hall–Kier alpha value is -1.70. The lowest BCUT2D eigenvalue weighted by Gasteiger charge is -2.28. The van der Waals surface area contributed by atoms with Gasteiger partial charge in [0.2, 0.25) is 15.9 Å². The van der Waals surface area contributed by atoms with Gasteiger partial charge in [0.1, 0.15) is 0 Å². The molecule has 1 aromatic heterocycles. The van der Waals surface area contributed by atoms with Crippen LogP contribution < -0.4 is 9.62 Å². The van der Waals surface area contributed by atoms with Gasteiger partial charge in [-0.05, 0) is 42.0 Å². The highest BCUT2D eigenvalue weighted by Gasteiger charge is 2.23. The molecule has 0 unspecified atom stereocenters. The second-order valence-electron chi connectivity index (χ2n) is 5.38. The van der Waals surface area contributed by atoms with E-state index in [-0.39, 0.29) is 12.5 Å². The zero-order valence-corrected chi connectivity index (χ0v) is 14.4. The predicted molar refractivity (Wildman–Crippen MR) is 91.1 cm³/mol. The number of aryl methyl sites for hydroxylation is 1. The number of fused-ring (bicyclic) bond motifs is 1. The lowest BCUT2D eigenvalue weighted by molar-refractivity contribution is -0.118. The fourth-order valence-electron chi connectivity index (χ4n) is 2.74. The minimum Gasteiger partial charge on any atom is -0.312 e. The van der Waals surface area contributed by atoms with E-state index in [4.69, 9.17) is 0 Å². The summed E-state index contributed by atoms with van der Waals surface area (Å²) < 4.78 is 26.9. The Morgan fingerprint density at radius 3 is 2.78 bits per heavy atom. The van der Waals surface area contributed by atoms with E-state index in [0.717, 1.165) is 16.8 Å². The van der Waals surface area contributed by atoms with Gasteiger partial charge in [-0.2, -0.15) is 11.3 Å². The highest BCUT2D eigenvalue weighted by molar-refractivity contribution is 7.89. The van der Waals surface area contributed by atoms with Crippen molar-refractivity contribution < 1.29 is 13.2 Å². The quantitative estimate of drug-likeness (QED) is 0.901. The molecular weight excluding hydrogens is 332 g/mol. The number of carbonyl (C=O) groups excluding carboxylic acids is 1. The third-order valence-electron chi connectivity index (χ3n) is 3.93. The minimum atomic E-state index is -3.46. The number of anilines is 1. The number of carbonyl (C=O) groups is 1. The van der Waals surface area contributed by atoms with E-state index < -0.39 is 10.0 Å². The van der Waals surface area contributed by atoms with Crippen LogP contribution in [-0.2, 0) is 27.8 Å². The molecule has 0 fully saturated rings. The molecule has 3 rings (SSSR count). The first-order valence-electron chi connectivity index (χ1n) is 7.45. The Morgan fingerprint density at radius 2 is 2.09 bits per heavy atom. The molecule has 0 spiro atoms. The van der Waals surface area contributed by atoms with Crippen LogP contribution in [0, 0.1) is 0 Å². The van der Waals surface area contributed by atoms with E-state index in [0.29, 0.717) is 24.3 Å². The number of hydrogen-bond donors (Lipinski definition) is 1. The van der Waals surface area contributed by atoms with Crippen LogP contribution in [0.15, 0.2) is 39.9 Å². The highest BCUT2D eigenvalue weighted by Crippen LogP contribution is 2.28. The minimum absolute atomic E-state index is 0.144. The third kappa shape index (κ3) is 3.31. The van der Waals surface area contributed by atoms with Gasteiger partial charge in [-0.25, -0.2) is 13.1 Å². The summed E-state index contributed by atoms with van der Waals surface area (Å²) in [6, 6.07) is 7.35. The van der Waals surface area contributed by atoms with Crippen LogP contribution in [-0.4, -0.2) is 20.9 Å². The first-order valence-corrected chi connectivity index (χ1v) is 9.88. The number of benzene rings is 1. The average Bonchev–Trinajstić information content (AvgIpc) is 3.08. The Morgan fingerprint density at radius 1 is 1.26 bits per heavy atom. The number of sulfonamides is 1. The molecule has 0 saturated heterocycles. The van der Waals surface area contributed by atoms with Gasteiger partial charge in [0.05, 0.1) is 4.90 Å². The molecule has 122 valence electrons. The predicted octanol–water partition coefficient (Wildman–Crippen LogP) is 2.53. The zero-order chi connectivity index (χ0) is 16.4. The monoisotopic (exact) mass is 350 g/mol. The number of nitrogens with one attached hydrogen (secondary N) is 1. The zero-order valence-electron chi connectivity index (χ0n) is 12.8. The van der Waals surface area contributed by atoms with Crippen LogP contribution in [0.4, 0.5) is 5.69 Å². The second kappa shape index (κ2) is 6.43. The van der Waals surface area contributed by atoms with Gasteiger partial charge < -0.3 is 4.90 Å². The molecule has 1 aromatic carbocycles. The maximum Gasteiger partial charge on any atom is 0.241 e. The normalized spacial score (nSPS) is 14.8. The van der Waals surface area contributed by atoms with Gasteiger partial charge in [-0.3, -0.25) is 4.79 Å². The van der Waals surface area contributed by atoms with Crippen molar-refractivity contribution >= 4 is 33.0 Å². The van der Waals surface area contributed by atoms with E-state index in [1.807, 2.05) is 25.1 Å². The molecule has 0 aliphatic carbocycles. The van der Waals surface area contributed by atoms with Crippen molar-refractivity contribution in [2.75, 3.05) is 11.4 Å². The van der Waals surface area contributed by atoms with Crippen molar-refractivity contribution in [2.45, 2.75) is 31.2 Å². The number of hydrogen-bond acceptors (Lipinski definition) is 4. The van der Waals surface area contributed by atoms with Crippen LogP contribution in [0.2, 0.25) is 0 Å². The first-order chi connectivity index (χ1) is 11.0. The number of nitrogens with zero attached hydrogens (tertiary/aromatic N) is 1. The smallest absolute Gasteiger partial charge is 0.241 e. The Bertz CT molecular complexity index is 814. The van der Waals surface area contributed by atoms with E-state index in [9.17, 15) is 13.2 Å². The summed E-state index contributed by atoms with van der Waals surface area (Å²) in [5.41, 5.74) is 2.93. The lowest BCUT2D eigenvalue weighted by Crippen LogP contribution is -2.34. The van der Waals surface area contributed by atoms with Crippen LogP contribution in [0.3, 0.4) is 0 Å². The van der Waals surface area contributed by atoms with E-state index in [1.54, 1.807) is 21.7 Å². The molecular formula is C16H18N2O3S2. The molecule has 2 heterocycles. The van der Waals surface area contributed by atoms with Gasteiger partial charge >= 0.3 is 0 Å². The molecule has 0 saturated carbocycles. The van der Waals surface area contributed by atoms with Crippen LogP contribution in [0.5, 0.6) is 0 Å². The fraction of sp³-hybridized carbons (Fsp3) is 0.312. The molecule has 1 amide bonds. The molecule has 1 aliphatic heterocycles. The SMILES string of the molecule is CCN1C(=O)CCc2cc(CNS(=O)(=O)c3ccsc3)ccc21. The molecule has 0 atom stereocenters. The molecule has 2 aromatic rings. The number of thiophene rings is 1. The standard InChI is InChI=1S/C16H18N2O3S2/c1-2-18-15-5-3-12(9-13(15)4-6-16(18)19)10-17-23(20,21)14-7-8-22-11-14/h3,5,7-9,11,17H,2,4,6,10H2,1H3. The van der Waals surface area contributed by atoms with E-state index >= 15 is 0 Å². The second-order valence-corrected chi connectivity index (χ2v) is 7.93. The Balaban J connectivity index is 1.77. The fourth-order valence-corrected chi connectivity index (χ4v) is 4.78. The summed E-state index contributed by atoms with van der Waals surface area (Å²) in [6.07, 6.45) is 1.21. The highest BCUT2D eigenvalue weighted by atomic mass is 32.2. The van der Waals surface area contributed by atoms with Crippen LogP contribution in [0.25, 0.3) is 0 Å². The first kappa shape index (κ1) is 16.2. The summed E-state index contributed by atoms with van der Waals surface area (Å²) in [5.74, 6) is 0.144. The topological polar surface area (TPSA) is 66.5 Å². The molecule has 7 heteroatoms. The van der Waals surface area contributed by atoms with E-state index in [2.05, 4.69) is 4.72 Å². The lowest BCUT2D eigenvalue weighted by atomic mass is 9.99. The largest absolute Gasteiger partial charge is 0.312 e. The Labute approximate surface area is 140 Å². The van der Waals surface area contributed by atoms with E-state index in [1.165, 1.54) is 11.3 Å². The average molecular weight is 350 g/mol. The van der Waals surface area contributed by atoms with Gasteiger partial charge in [-0.15, -0.1) is 0 Å². The van der Waals surface area contributed by atoms with Crippen LogP contribution in [0.1, 0.15) is 24.5 Å². The van der Waals surface area contributed by atoms with Crippen molar-refractivity contribution in [1.82, 2.24) is 4.72 Å². The van der Waals surface area contributed by atoms with Crippen molar-refractivity contribution in [3.05, 3.63) is 46.2 Å². The van der Waals surface area contributed by atoms with Crippen molar-refractivity contribution in [3.8, 4) is 0 Å². The molecule has 1 aliphatic rings. The van der Waals surface area contributed by atoms with Gasteiger partial charge in [0, 0.05) is 30.6 Å². The molecule has 5 nitrogen and oxygen atoms in total. The van der Waals surface area contributed by atoms with Gasteiger partial charge in [0.25, 0.3) is 0 Å². The molecule has 1 N–H and O–H groups in total. The molecule has 23 heavy (non-hydrogen) atoms. The maximum atomic E-state index is 12.1.